The average Bonchev–Trinajstić information content (AvgIpc) is 3.10. The van der Waals surface area contributed by atoms with E-state index >= 15 is 0 Å². The van der Waals surface area contributed by atoms with Crippen LogP contribution >= 0.6 is 11.6 Å². The van der Waals surface area contributed by atoms with E-state index < -0.39 is 4.92 Å². The Morgan fingerprint density at radius 3 is 2.65 bits per heavy atom. The van der Waals surface area contributed by atoms with E-state index in [1.807, 2.05) is 41.7 Å². The number of aromatic nitrogens is 3. The number of halogens is 1. The Balaban J connectivity index is 1.85. The normalized spacial score (nSPS) is 12.8. The minimum Gasteiger partial charge on any atom is -0.291 e. The van der Waals surface area contributed by atoms with Crippen molar-refractivity contribution in [3.05, 3.63) is 80.4 Å². The Kier molecular flexibility index (Phi) is 6.08. The van der Waals surface area contributed by atoms with E-state index in [2.05, 4.69) is 10.2 Å². The quantitative estimate of drug-likeness (QED) is 0.407. The number of hydrogen-bond acceptors (Lipinski definition) is 7. The molecule has 1 aromatic heterocycles. The minimum absolute atomic E-state index is 0.0315. The zero-order chi connectivity index (χ0) is 22.0. The summed E-state index contributed by atoms with van der Waals surface area (Å²) < 4.78 is 1.86. The second kappa shape index (κ2) is 8.93. The molecule has 0 saturated carbocycles. The fourth-order valence-corrected chi connectivity index (χ4v) is 3.75. The van der Waals surface area contributed by atoms with Gasteiger partial charge in [0.15, 0.2) is 11.6 Å². The van der Waals surface area contributed by atoms with Crippen molar-refractivity contribution in [1.29, 1.82) is 0 Å². The lowest BCUT2D eigenvalue weighted by Gasteiger charge is -2.18. The van der Waals surface area contributed by atoms with E-state index in [1.165, 1.54) is 12.1 Å². The summed E-state index contributed by atoms with van der Waals surface area (Å²) in [5, 5.41) is 22.4. The van der Waals surface area contributed by atoms with Gasteiger partial charge in [-0.2, -0.15) is 5.06 Å². The van der Waals surface area contributed by atoms with E-state index in [4.69, 9.17) is 21.4 Å². The molecule has 9 nitrogen and oxygen atoms in total. The van der Waals surface area contributed by atoms with Crippen molar-refractivity contribution in [2.45, 2.75) is 27.0 Å². The highest BCUT2D eigenvalue weighted by Crippen LogP contribution is 2.31. The maximum Gasteiger partial charge on any atom is 0.270 e. The summed E-state index contributed by atoms with van der Waals surface area (Å²) in [6, 6.07) is 12.0. The monoisotopic (exact) mass is 440 g/mol. The molecule has 2 heterocycles. The fraction of sp³-hybridized carbons (Fsp3) is 0.286. The first-order valence-corrected chi connectivity index (χ1v) is 10.3. The molecule has 31 heavy (non-hydrogen) atoms. The Morgan fingerprint density at radius 2 is 1.94 bits per heavy atom. The van der Waals surface area contributed by atoms with Crippen LogP contribution in [0.25, 0.3) is 5.69 Å². The third-order valence-corrected chi connectivity index (χ3v) is 5.40. The van der Waals surface area contributed by atoms with Gasteiger partial charge < -0.3 is 0 Å². The molecule has 0 bridgehead atoms. The van der Waals surface area contributed by atoms with Gasteiger partial charge in [-0.3, -0.25) is 24.5 Å². The summed E-state index contributed by atoms with van der Waals surface area (Å²) in [7, 11) is 0. The van der Waals surface area contributed by atoms with Gasteiger partial charge in [-0.15, -0.1) is 10.2 Å². The number of hydroxylamine groups is 2. The predicted molar refractivity (Wildman–Crippen MR) is 117 cm³/mol. The molecule has 0 radical (unpaired) electrons. The van der Waals surface area contributed by atoms with Gasteiger partial charge >= 0.3 is 0 Å². The van der Waals surface area contributed by atoms with Crippen molar-refractivity contribution in [2.75, 3.05) is 13.1 Å². The van der Waals surface area contributed by atoms with E-state index in [-0.39, 0.29) is 18.8 Å². The molecule has 0 saturated heterocycles. The fourth-order valence-electron chi connectivity index (χ4n) is 3.52. The first-order valence-electron chi connectivity index (χ1n) is 9.93. The number of aliphatic imine (C=N–C) groups is 1. The number of fused-ring (bicyclic) bond motifs is 3. The van der Waals surface area contributed by atoms with Crippen LogP contribution in [0.2, 0.25) is 5.02 Å². The van der Waals surface area contributed by atoms with Gasteiger partial charge in [-0.25, -0.2) is 0 Å². The smallest absolute Gasteiger partial charge is 0.270 e. The molecule has 0 N–H and O–H groups in total. The summed E-state index contributed by atoms with van der Waals surface area (Å²) in [4.78, 5) is 21.6. The lowest BCUT2D eigenvalue weighted by atomic mass is 9.99. The molecule has 0 atom stereocenters. The first-order chi connectivity index (χ1) is 15.0. The van der Waals surface area contributed by atoms with Crippen molar-refractivity contribution >= 4 is 23.0 Å². The van der Waals surface area contributed by atoms with Crippen LogP contribution in [0, 0.1) is 10.1 Å². The largest absolute Gasteiger partial charge is 0.291 e. The molecule has 0 unspecified atom stereocenters. The Bertz CT molecular complexity index is 1160. The molecule has 4 rings (SSSR count). The third-order valence-electron chi connectivity index (χ3n) is 5.07. The molecule has 1 aliphatic rings. The third kappa shape index (κ3) is 4.07. The second-order valence-corrected chi connectivity index (χ2v) is 7.27. The number of benzene rings is 2. The van der Waals surface area contributed by atoms with Gasteiger partial charge in [-0.05, 0) is 12.1 Å². The van der Waals surface area contributed by atoms with Crippen LogP contribution in [0.4, 0.5) is 5.69 Å². The summed E-state index contributed by atoms with van der Waals surface area (Å²) in [6.07, 6.45) is 0. The molecule has 0 fully saturated rings. The second-order valence-electron chi connectivity index (χ2n) is 6.86. The molecule has 3 aromatic rings. The highest BCUT2D eigenvalue weighted by molar-refractivity contribution is 6.35. The number of nitro groups is 1. The maximum absolute atomic E-state index is 11.5. The van der Waals surface area contributed by atoms with Crippen molar-refractivity contribution in [3.63, 3.8) is 0 Å². The Morgan fingerprint density at radius 1 is 1.16 bits per heavy atom. The van der Waals surface area contributed by atoms with Crippen LogP contribution < -0.4 is 0 Å². The zero-order valence-corrected chi connectivity index (χ0v) is 17.9. The van der Waals surface area contributed by atoms with Crippen molar-refractivity contribution in [1.82, 2.24) is 19.8 Å². The standard InChI is InChI=1S/C21H21ClN6O3/c1-3-26(4-2)31-13-20-25-24-19-12-23-21(15-7-5-6-8-17(15)22)16-11-14(28(29)30)9-10-18(16)27(19)20/h5-11H,3-4,12-13H2,1-2H3. The van der Waals surface area contributed by atoms with Crippen LogP contribution in [0.15, 0.2) is 47.5 Å². The van der Waals surface area contributed by atoms with Crippen molar-refractivity contribution in [3.8, 4) is 5.69 Å². The summed E-state index contributed by atoms with van der Waals surface area (Å²) in [5.41, 5.74) is 2.52. The van der Waals surface area contributed by atoms with Gasteiger partial charge in [0.05, 0.1) is 16.3 Å². The molecule has 0 aliphatic carbocycles. The van der Waals surface area contributed by atoms with E-state index in [9.17, 15) is 10.1 Å². The van der Waals surface area contributed by atoms with Gasteiger partial charge in [0.2, 0.25) is 0 Å². The SMILES string of the molecule is CCN(CC)OCc1nnc2n1-c1ccc([N+](=O)[O-])cc1C(c1ccccc1Cl)=NC2. The highest BCUT2D eigenvalue weighted by atomic mass is 35.5. The first kappa shape index (κ1) is 21.1. The van der Waals surface area contributed by atoms with E-state index in [0.29, 0.717) is 39.2 Å². The molecule has 2 aromatic carbocycles. The lowest BCUT2D eigenvalue weighted by Crippen LogP contribution is -2.24. The molecule has 10 heteroatoms. The van der Waals surface area contributed by atoms with E-state index in [0.717, 1.165) is 13.1 Å². The number of hydrogen-bond donors (Lipinski definition) is 0. The number of rotatable bonds is 7. The molecule has 160 valence electrons. The molecular weight excluding hydrogens is 420 g/mol. The topological polar surface area (TPSA) is 98.7 Å². The number of nitro benzene ring substituents is 1. The molecule has 1 aliphatic heterocycles. The summed E-state index contributed by atoms with van der Waals surface area (Å²) in [5.74, 6) is 1.21. The summed E-state index contributed by atoms with van der Waals surface area (Å²) in [6.45, 7) is 5.95. The molecule has 0 spiro atoms. The van der Waals surface area contributed by atoms with Crippen LogP contribution in [-0.4, -0.2) is 43.6 Å². The number of non-ortho nitro benzene ring substituents is 1. The molecular formula is C21H21ClN6O3. The van der Waals surface area contributed by atoms with Gasteiger partial charge in [0.25, 0.3) is 5.69 Å². The van der Waals surface area contributed by atoms with Gasteiger partial charge in [0, 0.05) is 41.4 Å². The van der Waals surface area contributed by atoms with Gasteiger partial charge in [-0.1, -0.05) is 43.6 Å². The van der Waals surface area contributed by atoms with E-state index in [1.54, 1.807) is 12.1 Å². The number of nitrogens with zero attached hydrogens (tertiary/aromatic N) is 6. The highest BCUT2D eigenvalue weighted by Gasteiger charge is 2.26. The van der Waals surface area contributed by atoms with Crippen LogP contribution in [0.5, 0.6) is 0 Å². The average molecular weight is 441 g/mol. The minimum atomic E-state index is -0.424. The maximum atomic E-state index is 11.5. The van der Waals surface area contributed by atoms with Crippen LogP contribution in [-0.2, 0) is 18.0 Å². The molecule has 0 amide bonds. The van der Waals surface area contributed by atoms with Crippen LogP contribution in [0.3, 0.4) is 0 Å². The van der Waals surface area contributed by atoms with Crippen LogP contribution in [0.1, 0.15) is 36.6 Å². The predicted octanol–water partition coefficient (Wildman–Crippen LogP) is 3.95. The van der Waals surface area contributed by atoms with Gasteiger partial charge in [0.1, 0.15) is 13.2 Å². The zero-order valence-electron chi connectivity index (χ0n) is 17.2. The van der Waals surface area contributed by atoms with Crippen molar-refractivity contribution < 1.29 is 9.76 Å². The lowest BCUT2D eigenvalue weighted by molar-refractivity contribution is -0.384. The Hall–Kier alpha value is -3.14. The summed E-state index contributed by atoms with van der Waals surface area (Å²) >= 11 is 6.44. The van der Waals surface area contributed by atoms with Crippen molar-refractivity contribution in [2.24, 2.45) is 4.99 Å². The Labute approximate surface area is 184 Å².